The summed E-state index contributed by atoms with van der Waals surface area (Å²) in [6, 6.07) is 17.1. The van der Waals surface area contributed by atoms with Crippen molar-refractivity contribution in [1.29, 1.82) is 0 Å². The average Bonchev–Trinajstić information content (AvgIpc) is 2.93. The largest absolute Gasteiger partial charge is 0.508 e. The Morgan fingerprint density at radius 3 is 2.07 bits per heavy atom. The topological polar surface area (TPSA) is 96.3 Å². The molecular weight excluding hydrogens is 537 g/mol. The second-order valence-corrected chi connectivity index (χ2v) is 13.1. The van der Waals surface area contributed by atoms with E-state index in [1.54, 1.807) is 37.3 Å². The SMILES string of the molecule is CCC(CC)N([C@@H](C)C(=O)O)[P@](=O)(COc1cc(C)c(Cc2ccc(O)c(C(C)C)c2)c(C)c1)Oc1ccccc1. The van der Waals surface area contributed by atoms with Crippen LogP contribution in [0.25, 0.3) is 0 Å². The maximum Gasteiger partial charge on any atom is 0.357 e. The van der Waals surface area contributed by atoms with E-state index in [2.05, 4.69) is 19.9 Å². The lowest BCUT2D eigenvalue weighted by Gasteiger charge is -2.38. The minimum absolute atomic E-state index is 0.213. The molecule has 0 aliphatic carbocycles. The first-order chi connectivity index (χ1) is 19.4. The first-order valence-corrected chi connectivity index (χ1v) is 16.1. The van der Waals surface area contributed by atoms with E-state index in [1.807, 2.05) is 52.0 Å². The van der Waals surface area contributed by atoms with Crippen LogP contribution in [0.3, 0.4) is 0 Å². The van der Waals surface area contributed by atoms with Crippen LogP contribution in [-0.4, -0.2) is 39.3 Å². The number of aryl methyl sites for hydroxylation is 2. The Bertz CT molecular complexity index is 1350. The summed E-state index contributed by atoms with van der Waals surface area (Å²) in [6.07, 6.45) is 1.62. The lowest BCUT2D eigenvalue weighted by molar-refractivity contribution is -0.141. The van der Waals surface area contributed by atoms with Crippen LogP contribution in [0.15, 0.2) is 60.7 Å². The van der Waals surface area contributed by atoms with Crippen LogP contribution in [0.2, 0.25) is 0 Å². The minimum atomic E-state index is -3.83. The Morgan fingerprint density at radius 1 is 0.927 bits per heavy atom. The lowest BCUT2D eigenvalue weighted by Crippen LogP contribution is -2.45. The number of hydrogen-bond donors (Lipinski definition) is 2. The molecule has 8 heteroatoms. The molecule has 0 heterocycles. The highest BCUT2D eigenvalue weighted by molar-refractivity contribution is 7.56. The van der Waals surface area contributed by atoms with Crippen LogP contribution in [0.4, 0.5) is 0 Å². The number of phenolic OH excluding ortho intramolecular Hbond substituents is 1. The van der Waals surface area contributed by atoms with Crippen LogP contribution < -0.4 is 9.26 Å². The number of carboxylic acid groups (broad SMARTS) is 1. The van der Waals surface area contributed by atoms with Crippen molar-refractivity contribution in [3.8, 4) is 17.2 Å². The zero-order chi connectivity index (χ0) is 30.3. The molecule has 0 saturated carbocycles. The van der Waals surface area contributed by atoms with E-state index in [4.69, 9.17) is 9.26 Å². The second kappa shape index (κ2) is 14.1. The number of carboxylic acids is 1. The third-order valence-electron chi connectivity index (χ3n) is 7.57. The number of rotatable bonds is 14. The molecule has 3 rings (SSSR count). The molecule has 0 spiro atoms. The smallest absolute Gasteiger partial charge is 0.357 e. The van der Waals surface area contributed by atoms with Crippen molar-refractivity contribution in [1.82, 2.24) is 4.67 Å². The van der Waals surface area contributed by atoms with E-state index in [0.717, 1.165) is 27.8 Å². The van der Waals surface area contributed by atoms with Gasteiger partial charge in [-0.2, -0.15) is 0 Å². The summed E-state index contributed by atoms with van der Waals surface area (Å²) in [4.78, 5) is 12.1. The van der Waals surface area contributed by atoms with Gasteiger partial charge < -0.3 is 19.5 Å². The predicted octanol–water partition coefficient (Wildman–Crippen LogP) is 8.30. The van der Waals surface area contributed by atoms with Crippen molar-refractivity contribution in [3.63, 3.8) is 0 Å². The molecule has 0 aliphatic rings. The van der Waals surface area contributed by atoms with Gasteiger partial charge in [-0.15, -0.1) is 0 Å². The Morgan fingerprint density at radius 2 is 1.54 bits per heavy atom. The monoisotopic (exact) mass is 581 g/mol. The predicted molar refractivity (Wildman–Crippen MR) is 164 cm³/mol. The van der Waals surface area contributed by atoms with Crippen LogP contribution in [0.5, 0.6) is 17.2 Å². The number of benzene rings is 3. The first-order valence-electron chi connectivity index (χ1n) is 14.3. The molecule has 3 aromatic rings. The summed E-state index contributed by atoms with van der Waals surface area (Å²) in [7, 11) is -3.83. The summed E-state index contributed by atoms with van der Waals surface area (Å²) in [5.74, 6) is 0.389. The van der Waals surface area contributed by atoms with Crippen molar-refractivity contribution in [2.24, 2.45) is 0 Å². The van der Waals surface area contributed by atoms with Crippen molar-refractivity contribution in [2.45, 2.75) is 85.7 Å². The molecule has 0 fully saturated rings. The summed E-state index contributed by atoms with van der Waals surface area (Å²) in [6.45, 7) is 13.6. The molecule has 0 amide bonds. The quantitative estimate of drug-likeness (QED) is 0.185. The number of ether oxygens (including phenoxy) is 1. The standard InChI is InChI=1S/C33H44NO6P/c1-8-27(9-2)34(25(7)33(36)37)41(38,40-28-13-11-10-12-14-28)21-39-29-17-23(5)31(24(6)18-29)20-26-15-16-32(35)30(19-26)22(3)4/h10-19,22,25,27,35H,8-9,20-21H2,1-7H3,(H,36,37)/t25-,41-/m0/s1. The van der Waals surface area contributed by atoms with Gasteiger partial charge >= 0.3 is 13.5 Å². The Kier molecular flexibility index (Phi) is 11.1. The number of carbonyl (C=O) groups is 1. The van der Waals surface area contributed by atoms with E-state index < -0.39 is 19.5 Å². The molecule has 2 atom stereocenters. The average molecular weight is 582 g/mol. The van der Waals surface area contributed by atoms with E-state index in [1.165, 1.54) is 4.67 Å². The van der Waals surface area contributed by atoms with Crippen molar-refractivity contribution >= 4 is 13.5 Å². The molecule has 41 heavy (non-hydrogen) atoms. The lowest BCUT2D eigenvalue weighted by atomic mass is 9.93. The summed E-state index contributed by atoms with van der Waals surface area (Å²) in [5, 5.41) is 20.1. The van der Waals surface area contributed by atoms with Gasteiger partial charge in [0.2, 0.25) is 0 Å². The van der Waals surface area contributed by atoms with Crippen LogP contribution in [0, 0.1) is 13.8 Å². The highest BCUT2D eigenvalue weighted by Gasteiger charge is 2.43. The molecule has 0 unspecified atom stereocenters. The summed E-state index contributed by atoms with van der Waals surface area (Å²) in [5.41, 5.74) is 5.22. The number of para-hydroxylation sites is 1. The van der Waals surface area contributed by atoms with Gasteiger partial charge in [0.1, 0.15) is 23.3 Å². The first kappa shape index (κ1) is 32.2. The Hall–Kier alpha value is -3.28. The van der Waals surface area contributed by atoms with Crippen molar-refractivity contribution < 1.29 is 28.8 Å². The van der Waals surface area contributed by atoms with Crippen LogP contribution >= 0.6 is 7.52 Å². The van der Waals surface area contributed by atoms with Crippen LogP contribution in [0.1, 0.15) is 81.2 Å². The van der Waals surface area contributed by atoms with Gasteiger partial charge in [0.05, 0.1) is 0 Å². The van der Waals surface area contributed by atoms with Crippen molar-refractivity contribution in [3.05, 3.63) is 88.5 Å². The van der Waals surface area contributed by atoms with Gasteiger partial charge in [-0.3, -0.25) is 9.36 Å². The number of nitrogens with zero attached hydrogens (tertiary/aromatic N) is 1. The van der Waals surface area contributed by atoms with Gasteiger partial charge in [-0.25, -0.2) is 4.67 Å². The number of aromatic hydroxyl groups is 1. The molecule has 2 N–H and O–H groups in total. The third kappa shape index (κ3) is 7.93. The fraction of sp³-hybridized carbons (Fsp3) is 0.424. The fourth-order valence-electron chi connectivity index (χ4n) is 5.24. The maximum absolute atomic E-state index is 14.6. The van der Waals surface area contributed by atoms with Gasteiger partial charge in [0.25, 0.3) is 0 Å². The molecule has 0 bridgehead atoms. The van der Waals surface area contributed by atoms with Crippen molar-refractivity contribution in [2.75, 3.05) is 6.35 Å². The number of phenols is 1. The molecule has 0 aliphatic heterocycles. The molecule has 0 saturated heterocycles. The Balaban J connectivity index is 1.93. The highest BCUT2D eigenvalue weighted by Crippen LogP contribution is 2.54. The maximum atomic E-state index is 14.6. The van der Waals surface area contributed by atoms with Gasteiger partial charge in [0, 0.05) is 6.04 Å². The molecule has 222 valence electrons. The number of aliphatic carboxylic acids is 1. The van der Waals surface area contributed by atoms with E-state index in [-0.39, 0.29) is 18.3 Å². The third-order valence-corrected chi connectivity index (χ3v) is 9.90. The van der Waals surface area contributed by atoms with Gasteiger partial charge in [0.15, 0.2) is 6.35 Å². The molecule has 7 nitrogen and oxygen atoms in total. The summed E-state index contributed by atoms with van der Waals surface area (Å²) < 4.78 is 28.4. The fourth-order valence-corrected chi connectivity index (χ4v) is 7.74. The van der Waals surface area contributed by atoms with Gasteiger partial charge in [-0.05, 0) is 104 Å². The van der Waals surface area contributed by atoms with E-state index in [9.17, 15) is 19.6 Å². The number of hydrogen-bond acceptors (Lipinski definition) is 5. The summed E-state index contributed by atoms with van der Waals surface area (Å²) >= 11 is 0. The minimum Gasteiger partial charge on any atom is -0.508 e. The molecule has 0 aromatic heterocycles. The molecule has 3 aromatic carbocycles. The normalized spacial score (nSPS) is 13.8. The highest BCUT2D eigenvalue weighted by atomic mass is 31.2. The van der Waals surface area contributed by atoms with E-state index in [0.29, 0.717) is 36.5 Å². The second-order valence-electron chi connectivity index (χ2n) is 10.9. The molecular formula is C33H44NO6P. The van der Waals surface area contributed by atoms with E-state index >= 15 is 0 Å². The molecule has 0 radical (unpaired) electrons. The van der Waals surface area contributed by atoms with Crippen LogP contribution in [-0.2, 0) is 15.8 Å². The zero-order valence-corrected chi connectivity index (χ0v) is 26.2. The Labute approximate surface area is 244 Å². The zero-order valence-electron chi connectivity index (χ0n) is 25.3. The van der Waals surface area contributed by atoms with Gasteiger partial charge in [-0.1, -0.05) is 58.0 Å².